The average molecular weight is 264 g/mol. The number of hydrogen-bond donors (Lipinski definition) is 1. The molecular weight excluding hydrogens is 244 g/mol. The minimum absolute atomic E-state index is 0.643. The molecule has 0 amide bonds. The molecule has 1 aliphatic heterocycles. The number of nitrogens with zero attached hydrogens (tertiary/aromatic N) is 3. The van der Waals surface area contributed by atoms with Gasteiger partial charge in [0, 0.05) is 11.4 Å². The van der Waals surface area contributed by atoms with Crippen molar-refractivity contribution in [3.63, 3.8) is 0 Å². The van der Waals surface area contributed by atoms with Gasteiger partial charge in [0.1, 0.15) is 0 Å². The van der Waals surface area contributed by atoms with E-state index in [0.29, 0.717) is 11.8 Å². The number of rotatable bonds is 5. The molecule has 2 heterocycles. The molecule has 0 saturated heterocycles. The van der Waals surface area contributed by atoms with Crippen molar-refractivity contribution in [3.05, 3.63) is 24.0 Å². The number of hydrogen-bond acceptors (Lipinski definition) is 5. The van der Waals surface area contributed by atoms with Crippen LogP contribution in [0.25, 0.3) is 0 Å². The smallest absolute Gasteiger partial charge is 0.157 e. The molecule has 4 nitrogen and oxygen atoms in total. The Labute approximate surface area is 113 Å². The van der Waals surface area contributed by atoms with Gasteiger partial charge in [-0.3, -0.25) is 4.99 Å². The van der Waals surface area contributed by atoms with Crippen LogP contribution in [0.1, 0.15) is 32.4 Å². The van der Waals surface area contributed by atoms with Gasteiger partial charge in [-0.15, -0.1) is 0 Å². The van der Waals surface area contributed by atoms with Crippen molar-refractivity contribution in [1.82, 2.24) is 15.5 Å². The quantitative estimate of drug-likeness (QED) is 0.887. The molecule has 18 heavy (non-hydrogen) atoms. The molecule has 1 aliphatic rings. The van der Waals surface area contributed by atoms with Gasteiger partial charge in [0.2, 0.25) is 0 Å². The van der Waals surface area contributed by atoms with E-state index >= 15 is 0 Å². The second-order valence-corrected chi connectivity index (χ2v) is 5.68. The van der Waals surface area contributed by atoms with Crippen molar-refractivity contribution in [2.45, 2.75) is 38.5 Å². The van der Waals surface area contributed by atoms with Crippen LogP contribution in [0.5, 0.6) is 0 Å². The topological polar surface area (TPSA) is 50.2 Å². The van der Waals surface area contributed by atoms with Crippen LogP contribution < -0.4 is 5.32 Å². The normalized spacial score (nSPS) is 19.1. The molecule has 1 unspecified atom stereocenters. The summed E-state index contributed by atoms with van der Waals surface area (Å²) in [5.74, 6) is 0.773. The first-order valence-electron chi connectivity index (χ1n) is 6.55. The van der Waals surface area contributed by atoms with Gasteiger partial charge in [0.15, 0.2) is 5.17 Å². The summed E-state index contributed by atoms with van der Waals surface area (Å²) in [6, 6.07) is 3.87. The average Bonchev–Trinajstić information content (AvgIpc) is 2.88. The Kier molecular flexibility index (Phi) is 4.99. The lowest BCUT2D eigenvalue weighted by atomic mass is 9.99. The van der Waals surface area contributed by atoms with Crippen LogP contribution in [0.15, 0.2) is 23.3 Å². The zero-order valence-electron chi connectivity index (χ0n) is 11.0. The lowest BCUT2D eigenvalue weighted by Gasteiger charge is -2.18. The Balaban J connectivity index is 1.79. The van der Waals surface area contributed by atoms with Crippen LogP contribution in [0.4, 0.5) is 0 Å². The van der Waals surface area contributed by atoms with E-state index in [9.17, 15) is 0 Å². The van der Waals surface area contributed by atoms with E-state index in [-0.39, 0.29) is 0 Å². The van der Waals surface area contributed by atoms with E-state index in [1.165, 1.54) is 12.8 Å². The third-order valence-corrected chi connectivity index (χ3v) is 4.63. The predicted octanol–water partition coefficient (Wildman–Crippen LogP) is 2.47. The largest absolute Gasteiger partial charge is 0.359 e. The Morgan fingerprint density at radius 1 is 1.44 bits per heavy atom. The standard InChI is InChI=1S/C13H20N4S/c1-3-10(4-2)12-9-15-13(18-12)14-8-11-6-5-7-16-17-11/h5-7,10,12H,3-4,8-9H2,1-2H3,(H,14,15). The van der Waals surface area contributed by atoms with Crippen LogP contribution in [0.3, 0.4) is 0 Å². The van der Waals surface area contributed by atoms with E-state index < -0.39 is 0 Å². The maximum Gasteiger partial charge on any atom is 0.157 e. The predicted molar refractivity (Wildman–Crippen MR) is 76.6 cm³/mol. The molecule has 0 fully saturated rings. The van der Waals surface area contributed by atoms with Crippen LogP contribution in [0, 0.1) is 5.92 Å². The molecule has 98 valence electrons. The van der Waals surface area contributed by atoms with Gasteiger partial charge in [-0.25, -0.2) is 0 Å². The van der Waals surface area contributed by atoms with Gasteiger partial charge >= 0.3 is 0 Å². The van der Waals surface area contributed by atoms with Crippen molar-refractivity contribution in [3.8, 4) is 0 Å². The number of amidine groups is 1. The first-order valence-corrected chi connectivity index (χ1v) is 7.43. The summed E-state index contributed by atoms with van der Waals surface area (Å²) in [4.78, 5) is 4.57. The maximum absolute atomic E-state index is 4.57. The van der Waals surface area contributed by atoms with Crippen molar-refractivity contribution in [1.29, 1.82) is 0 Å². The van der Waals surface area contributed by atoms with Crippen LogP contribution in [-0.2, 0) is 6.54 Å². The Hall–Kier alpha value is -1.10. The Bertz CT molecular complexity index is 389. The third kappa shape index (κ3) is 3.45. The third-order valence-electron chi connectivity index (χ3n) is 3.30. The lowest BCUT2D eigenvalue weighted by molar-refractivity contribution is 0.479. The van der Waals surface area contributed by atoms with E-state index in [1.807, 2.05) is 23.9 Å². The van der Waals surface area contributed by atoms with Crippen molar-refractivity contribution in [2.24, 2.45) is 10.9 Å². The van der Waals surface area contributed by atoms with E-state index in [4.69, 9.17) is 0 Å². The van der Waals surface area contributed by atoms with Crippen LogP contribution in [0.2, 0.25) is 0 Å². The second-order valence-electron chi connectivity index (χ2n) is 4.45. The molecule has 0 spiro atoms. The van der Waals surface area contributed by atoms with Crippen LogP contribution in [-0.4, -0.2) is 27.2 Å². The first-order chi connectivity index (χ1) is 8.83. The molecule has 1 aromatic rings. The fourth-order valence-corrected chi connectivity index (χ4v) is 3.46. The highest BCUT2D eigenvalue weighted by Gasteiger charge is 2.25. The number of aliphatic imine (C=N–C) groups is 1. The maximum atomic E-state index is 4.57. The van der Waals surface area contributed by atoms with E-state index in [1.54, 1.807) is 6.20 Å². The fraction of sp³-hybridized carbons (Fsp3) is 0.615. The Morgan fingerprint density at radius 3 is 2.94 bits per heavy atom. The highest BCUT2D eigenvalue weighted by atomic mass is 32.2. The number of thioether (sulfide) groups is 1. The summed E-state index contributed by atoms with van der Waals surface area (Å²) in [6.45, 7) is 6.18. The van der Waals surface area contributed by atoms with Crippen molar-refractivity contribution >= 4 is 16.9 Å². The van der Waals surface area contributed by atoms with Gasteiger partial charge < -0.3 is 5.32 Å². The Morgan fingerprint density at radius 2 is 2.28 bits per heavy atom. The fourth-order valence-electron chi connectivity index (χ4n) is 2.14. The summed E-state index contributed by atoms with van der Waals surface area (Å²) < 4.78 is 0. The summed E-state index contributed by atoms with van der Waals surface area (Å²) in [5, 5.41) is 12.9. The van der Waals surface area contributed by atoms with Crippen LogP contribution >= 0.6 is 11.8 Å². The summed E-state index contributed by atoms with van der Waals surface area (Å²) >= 11 is 1.88. The highest BCUT2D eigenvalue weighted by Crippen LogP contribution is 2.30. The first kappa shape index (κ1) is 13.3. The second kappa shape index (κ2) is 6.73. The highest BCUT2D eigenvalue weighted by molar-refractivity contribution is 8.14. The molecule has 2 rings (SSSR count). The molecule has 0 saturated carbocycles. The summed E-state index contributed by atoms with van der Waals surface area (Å²) in [6.07, 6.45) is 4.16. The number of nitrogens with one attached hydrogen (secondary N) is 1. The number of aromatic nitrogens is 2. The van der Waals surface area contributed by atoms with Gasteiger partial charge in [-0.2, -0.15) is 10.2 Å². The minimum Gasteiger partial charge on any atom is -0.359 e. The molecule has 1 aromatic heterocycles. The monoisotopic (exact) mass is 264 g/mol. The molecule has 5 heteroatoms. The van der Waals surface area contributed by atoms with Crippen molar-refractivity contribution < 1.29 is 0 Å². The summed E-state index contributed by atoms with van der Waals surface area (Å²) in [5.41, 5.74) is 0.951. The molecule has 1 atom stereocenters. The zero-order chi connectivity index (χ0) is 12.8. The SMILES string of the molecule is CCC(CC)C1CN=C(NCc2cccnn2)S1. The van der Waals surface area contributed by atoms with E-state index in [2.05, 4.69) is 34.4 Å². The molecule has 0 bridgehead atoms. The van der Waals surface area contributed by atoms with Gasteiger partial charge in [-0.1, -0.05) is 38.5 Å². The molecule has 1 N–H and O–H groups in total. The minimum atomic E-state index is 0.643. The van der Waals surface area contributed by atoms with E-state index in [0.717, 1.165) is 23.3 Å². The molecule has 0 radical (unpaired) electrons. The zero-order valence-corrected chi connectivity index (χ0v) is 11.8. The summed E-state index contributed by atoms with van der Waals surface area (Å²) in [7, 11) is 0. The molecular formula is C13H20N4S. The van der Waals surface area contributed by atoms with Crippen molar-refractivity contribution in [2.75, 3.05) is 6.54 Å². The van der Waals surface area contributed by atoms with Gasteiger partial charge in [-0.05, 0) is 18.1 Å². The van der Waals surface area contributed by atoms with Gasteiger partial charge in [0.25, 0.3) is 0 Å². The van der Waals surface area contributed by atoms with Gasteiger partial charge in [0.05, 0.1) is 18.8 Å². The lowest BCUT2D eigenvalue weighted by Crippen LogP contribution is -2.21. The molecule has 0 aliphatic carbocycles. The molecule has 0 aromatic carbocycles.